The Morgan fingerprint density at radius 3 is 2.37 bits per heavy atom. The number of aromatic amines is 1. The number of hydrogen-bond donors (Lipinski definition) is 2. The Morgan fingerprint density at radius 2 is 1.65 bits per heavy atom. The second-order valence-corrected chi connectivity index (χ2v) is 11.6. The molecule has 0 aliphatic heterocycles. The molecule has 9 nitrogen and oxygen atoms in total. The van der Waals surface area contributed by atoms with Crippen LogP contribution in [-0.4, -0.2) is 33.3 Å². The van der Waals surface area contributed by atoms with Gasteiger partial charge in [0.25, 0.3) is 5.56 Å². The number of alkyl halides is 3. The molecule has 6 rings (SSSR count). The van der Waals surface area contributed by atoms with Gasteiger partial charge in [-0.05, 0) is 35.9 Å². The van der Waals surface area contributed by atoms with Gasteiger partial charge in [0.15, 0.2) is 5.65 Å². The third kappa shape index (κ3) is 5.90. The lowest BCUT2D eigenvalue weighted by molar-refractivity contribution is -0.141. The van der Waals surface area contributed by atoms with Crippen molar-refractivity contribution in [1.29, 1.82) is 0 Å². The number of aromatic nitrogens is 5. The molecule has 0 unspecified atom stereocenters. The van der Waals surface area contributed by atoms with Crippen LogP contribution in [0.2, 0.25) is 5.02 Å². The van der Waals surface area contributed by atoms with Crippen LogP contribution in [-0.2, 0) is 22.0 Å². The Hall–Kier alpha value is -4.88. The van der Waals surface area contributed by atoms with Gasteiger partial charge in [-0.15, -0.1) is 0 Å². The maximum atomic E-state index is 12.9. The fourth-order valence-electron chi connectivity index (χ4n) is 4.48. The summed E-state index contributed by atoms with van der Waals surface area (Å²) in [7, 11) is -4.23. The highest BCUT2D eigenvalue weighted by Crippen LogP contribution is 2.35. The predicted octanol–water partition coefficient (Wildman–Crippen LogP) is 6.21. The zero-order chi connectivity index (χ0) is 30.4. The van der Waals surface area contributed by atoms with E-state index in [9.17, 15) is 26.4 Å². The molecule has 6 aromatic rings. The lowest BCUT2D eigenvalue weighted by Gasteiger charge is -2.13. The first-order chi connectivity index (χ1) is 20.5. The topological polar surface area (TPSA) is 131 Å². The molecule has 0 aliphatic rings. The standard InChI is InChI=1S/C29H18ClF3N6O3S/c30-20-12-19(11-18-7-4-10-34-24(18)20)26-25(17-5-2-1-3-6-17)37-27-21(36-26)13-22(28(40)38-27)39-43(41,42)15-16-8-9-23(35-14-16)29(31,32)33/h1-14,39H,15H2,(H,37,38,40). The SMILES string of the molecule is O=c1[nH]c2nc(-c3ccccc3)c(-c3cc(Cl)c4ncccc4c3)nc2cc1NS(=O)(=O)Cc1ccc(C(F)(F)F)nc1. The quantitative estimate of drug-likeness (QED) is 0.226. The molecule has 0 fully saturated rings. The van der Waals surface area contributed by atoms with Crippen molar-refractivity contribution >= 4 is 49.4 Å². The number of hydrogen-bond acceptors (Lipinski definition) is 7. The van der Waals surface area contributed by atoms with Crippen molar-refractivity contribution in [3.05, 3.63) is 112 Å². The van der Waals surface area contributed by atoms with Crippen molar-refractivity contribution in [2.75, 3.05) is 4.72 Å². The Morgan fingerprint density at radius 1 is 0.884 bits per heavy atom. The number of nitrogens with one attached hydrogen (secondary N) is 2. The van der Waals surface area contributed by atoms with Crippen LogP contribution in [0.5, 0.6) is 0 Å². The molecule has 4 aromatic heterocycles. The van der Waals surface area contributed by atoms with Crippen LogP contribution in [0.25, 0.3) is 44.6 Å². The third-order valence-electron chi connectivity index (χ3n) is 6.40. The minimum atomic E-state index is -4.66. The second-order valence-electron chi connectivity index (χ2n) is 9.48. The van der Waals surface area contributed by atoms with E-state index < -0.39 is 33.2 Å². The van der Waals surface area contributed by atoms with E-state index in [2.05, 4.69) is 24.7 Å². The van der Waals surface area contributed by atoms with E-state index >= 15 is 0 Å². The number of pyridine rings is 3. The van der Waals surface area contributed by atoms with Gasteiger partial charge in [-0.2, -0.15) is 13.2 Å². The van der Waals surface area contributed by atoms with Gasteiger partial charge in [0.2, 0.25) is 10.0 Å². The molecule has 0 saturated heterocycles. The van der Waals surface area contributed by atoms with Crippen molar-refractivity contribution < 1.29 is 21.6 Å². The molecule has 4 heterocycles. The number of benzene rings is 2. The van der Waals surface area contributed by atoms with E-state index in [1.165, 1.54) is 6.07 Å². The summed E-state index contributed by atoms with van der Waals surface area (Å²) < 4.78 is 66.3. The van der Waals surface area contributed by atoms with Gasteiger partial charge in [-0.3, -0.25) is 19.5 Å². The van der Waals surface area contributed by atoms with Crippen molar-refractivity contribution in [3.8, 4) is 22.5 Å². The third-order valence-corrected chi connectivity index (χ3v) is 7.93. The van der Waals surface area contributed by atoms with Crippen LogP contribution in [0.1, 0.15) is 11.3 Å². The molecule has 0 amide bonds. The van der Waals surface area contributed by atoms with Crippen molar-refractivity contribution in [2.24, 2.45) is 0 Å². The smallest absolute Gasteiger partial charge is 0.303 e. The minimum Gasteiger partial charge on any atom is -0.303 e. The van der Waals surface area contributed by atoms with E-state index in [0.29, 0.717) is 39.1 Å². The summed E-state index contributed by atoms with van der Waals surface area (Å²) >= 11 is 6.55. The molecule has 0 bridgehead atoms. The van der Waals surface area contributed by atoms with Crippen molar-refractivity contribution in [3.63, 3.8) is 0 Å². The van der Waals surface area contributed by atoms with Crippen molar-refractivity contribution in [1.82, 2.24) is 24.9 Å². The largest absolute Gasteiger partial charge is 0.433 e. The molecule has 216 valence electrons. The molecule has 43 heavy (non-hydrogen) atoms. The van der Waals surface area contributed by atoms with Crippen molar-refractivity contribution in [2.45, 2.75) is 11.9 Å². The van der Waals surface area contributed by atoms with Gasteiger partial charge < -0.3 is 4.98 Å². The molecule has 0 radical (unpaired) electrons. The average molecular weight is 623 g/mol. The van der Waals surface area contributed by atoms with E-state index in [0.717, 1.165) is 17.6 Å². The summed E-state index contributed by atoms with van der Waals surface area (Å²) in [4.78, 5) is 32.5. The van der Waals surface area contributed by atoms with Crippen LogP contribution >= 0.6 is 11.6 Å². The van der Waals surface area contributed by atoms with Crippen LogP contribution in [0, 0.1) is 0 Å². The molecule has 0 atom stereocenters. The zero-order valence-corrected chi connectivity index (χ0v) is 23.3. The number of nitrogens with zero attached hydrogens (tertiary/aromatic N) is 4. The van der Waals surface area contributed by atoms with Gasteiger partial charge in [-0.1, -0.05) is 54.1 Å². The van der Waals surface area contributed by atoms with Gasteiger partial charge in [0, 0.05) is 28.9 Å². The first-order valence-electron chi connectivity index (χ1n) is 12.5. The number of rotatable bonds is 6. The number of anilines is 1. The Labute approximate surface area is 246 Å². The Kier molecular flexibility index (Phi) is 7.06. The highest BCUT2D eigenvalue weighted by atomic mass is 35.5. The lowest BCUT2D eigenvalue weighted by Crippen LogP contribution is -2.22. The first kappa shape index (κ1) is 28.2. The summed E-state index contributed by atoms with van der Waals surface area (Å²) in [5.74, 6) is -0.719. The number of fused-ring (bicyclic) bond motifs is 2. The summed E-state index contributed by atoms with van der Waals surface area (Å²) in [5.41, 5.74) is 0.786. The monoisotopic (exact) mass is 622 g/mol. The molecule has 2 aromatic carbocycles. The average Bonchev–Trinajstić information content (AvgIpc) is 2.97. The minimum absolute atomic E-state index is 0.00466. The fraction of sp³-hybridized carbons (Fsp3) is 0.0690. The van der Waals surface area contributed by atoms with E-state index in [-0.39, 0.29) is 22.4 Å². The zero-order valence-electron chi connectivity index (χ0n) is 21.7. The predicted molar refractivity (Wildman–Crippen MR) is 157 cm³/mol. The number of sulfonamides is 1. The van der Waals surface area contributed by atoms with Gasteiger partial charge in [0.05, 0.1) is 27.7 Å². The highest BCUT2D eigenvalue weighted by molar-refractivity contribution is 7.91. The maximum Gasteiger partial charge on any atom is 0.433 e. The van der Waals surface area contributed by atoms with E-state index in [1.807, 2.05) is 42.5 Å². The molecule has 2 N–H and O–H groups in total. The fourth-order valence-corrected chi connectivity index (χ4v) is 5.92. The van der Waals surface area contributed by atoms with E-state index in [4.69, 9.17) is 16.6 Å². The van der Waals surface area contributed by atoms with Crippen LogP contribution in [0.4, 0.5) is 18.9 Å². The number of H-pyrrole nitrogens is 1. The molecular weight excluding hydrogens is 605 g/mol. The molecule has 14 heteroatoms. The number of halogens is 4. The Bertz CT molecular complexity index is 2180. The summed E-state index contributed by atoms with van der Waals surface area (Å²) in [6.45, 7) is 0. The van der Waals surface area contributed by atoms with Crippen LogP contribution in [0.15, 0.2) is 90.0 Å². The van der Waals surface area contributed by atoms with Gasteiger partial charge >= 0.3 is 6.18 Å². The van der Waals surface area contributed by atoms with Crippen LogP contribution < -0.4 is 10.3 Å². The van der Waals surface area contributed by atoms with Gasteiger partial charge in [0.1, 0.15) is 16.9 Å². The summed E-state index contributed by atoms with van der Waals surface area (Å²) in [5, 5.41) is 1.15. The second kappa shape index (κ2) is 10.7. The van der Waals surface area contributed by atoms with E-state index in [1.54, 1.807) is 18.3 Å². The highest BCUT2D eigenvalue weighted by Gasteiger charge is 2.32. The molecule has 0 spiro atoms. The molecule has 0 saturated carbocycles. The summed E-state index contributed by atoms with van der Waals surface area (Å²) in [6, 6.07) is 19.3. The maximum absolute atomic E-state index is 12.9. The lowest BCUT2D eigenvalue weighted by atomic mass is 10.0. The first-order valence-corrected chi connectivity index (χ1v) is 14.6. The Balaban J connectivity index is 1.42. The normalized spacial score (nSPS) is 12.1. The van der Waals surface area contributed by atoms with Crippen LogP contribution in [0.3, 0.4) is 0 Å². The van der Waals surface area contributed by atoms with Gasteiger partial charge in [-0.25, -0.2) is 18.4 Å². The molecule has 0 aliphatic carbocycles. The summed E-state index contributed by atoms with van der Waals surface area (Å²) in [6.07, 6.45) is -2.21. The molecular formula is C29H18ClF3N6O3S.